The Morgan fingerprint density at radius 2 is 1.68 bits per heavy atom. The van der Waals surface area contributed by atoms with Gasteiger partial charge in [0, 0.05) is 32.7 Å². The summed E-state index contributed by atoms with van der Waals surface area (Å²) in [5, 5.41) is 0.114. The van der Waals surface area contributed by atoms with Gasteiger partial charge in [-0.15, -0.1) is 0 Å². The Hall–Kier alpha value is -1.11. The third kappa shape index (κ3) is 4.21. The molecule has 7 heteroatoms. The molecule has 0 N–H and O–H groups in total. The number of carbonyl (C=O) groups is 1. The predicted molar refractivity (Wildman–Crippen MR) is 88.8 cm³/mol. The van der Waals surface area contributed by atoms with Crippen molar-refractivity contribution in [2.75, 3.05) is 27.2 Å². The van der Waals surface area contributed by atoms with E-state index in [1.807, 2.05) is 13.8 Å². The SMILES string of the molecule is CCCN(CCC)C(=O)c1ccc(Cl)c(S(=O)(=O)N(C)C)c1. The summed E-state index contributed by atoms with van der Waals surface area (Å²) in [4.78, 5) is 14.2. The molecule has 0 aliphatic carbocycles. The molecule has 1 aromatic carbocycles. The predicted octanol–water partition coefficient (Wildman–Crippen LogP) is 2.85. The van der Waals surface area contributed by atoms with Gasteiger partial charge in [-0.1, -0.05) is 25.4 Å². The van der Waals surface area contributed by atoms with Crippen LogP contribution < -0.4 is 0 Å². The van der Waals surface area contributed by atoms with Crippen molar-refractivity contribution in [3.63, 3.8) is 0 Å². The molecule has 0 fully saturated rings. The molecule has 0 unspecified atom stereocenters. The van der Waals surface area contributed by atoms with Gasteiger partial charge in [0.1, 0.15) is 4.90 Å². The van der Waals surface area contributed by atoms with Crippen LogP contribution in [-0.4, -0.2) is 50.7 Å². The summed E-state index contributed by atoms with van der Waals surface area (Å²) in [6, 6.07) is 4.39. The fraction of sp³-hybridized carbons (Fsp3) is 0.533. The first kappa shape index (κ1) is 18.9. The maximum Gasteiger partial charge on any atom is 0.253 e. The zero-order valence-electron chi connectivity index (χ0n) is 13.5. The van der Waals surface area contributed by atoms with Crippen LogP contribution in [0, 0.1) is 0 Å². The first-order chi connectivity index (χ1) is 10.3. The van der Waals surface area contributed by atoms with Crippen molar-refractivity contribution in [3.05, 3.63) is 28.8 Å². The molecule has 0 saturated heterocycles. The van der Waals surface area contributed by atoms with Crippen LogP contribution in [0.1, 0.15) is 37.0 Å². The Morgan fingerprint density at radius 3 is 2.14 bits per heavy atom. The largest absolute Gasteiger partial charge is 0.339 e. The van der Waals surface area contributed by atoms with Crippen molar-refractivity contribution in [2.45, 2.75) is 31.6 Å². The van der Waals surface area contributed by atoms with Gasteiger partial charge in [0.2, 0.25) is 10.0 Å². The number of hydrogen-bond donors (Lipinski definition) is 0. The Balaban J connectivity index is 3.25. The van der Waals surface area contributed by atoms with Crippen LogP contribution in [0.5, 0.6) is 0 Å². The van der Waals surface area contributed by atoms with E-state index in [9.17, 15) is 13.2 Å². The lowest BCUT2D eigenvalue weighted by Gasteiger charge is -2.22. The summed E-state index contributed by atoms with van der Waals surface area (Å²) >= 11 is 6.00. The monoisotopic (exact) mass is 346 g/mol. The second-order valence-corrected chi connectivity index (χ2v) is 7.75. The van der Waals surface area contributed by atoms with Gasteiger partial charge in [0.15, 0.2) is 0 Å². The second-order valence-electron chi connectivity index (χ2n) is 5.22. The van der Waals surface area contributed by atoms with E-state index in [2.05, 4.69) is 0 Å². The number of rotatable bonds is 7. The molecular weight excluding hydrogens is 324 g/mol. The Labute approximate surface area is 137 Å². The number of nitrogens with zero attached hydrogens (tertiary/aromatic N) is 2. The van der Waals surface area contributed by atoms with E-state index >= 15 is 0 Å². The fourth-order valence-corrected chi connectivity index (χ4v) is 3.46. The van der Waals surface area contributed by atoms with E-state index in [0.717, 1.165) is 17.1 Å². The number of sulfonamides is 1. The minimum absolute atomic E-state index is 0.0436. The third-order valence-corrected chi connectivity index (χ3v) is 5.51. The van der Waals surface area contributed by atoms with Crippen LogP contribution in [0.15, 0.2) is 23.1 Å². The maximum atomic E-state index is 12.6. The van der Waals surface area contributed by atoms with Gasteiger partial charge >= 0.3 is 0 Å². The molecule has 0 aromatic heterocycles. The Morgan fingerprint density at radius 1 is 1.14 bits per heavy atom. The van der Waals surface area contributed by atoms with Gasteiger partial charge in [0.25, 0.3) is 5.91 Å². The Bertz CT molecular complexity index is 624. The number of benzene rings is 1. The molecule has 1 amide bonds. The molecule has 0 heterocycles. The van der Waals surface area contributed by atoms with Gasteiger partial charge in [-0.2, -0.15) is 0 Å². The smallest absolute Gasteiger partial charge is 0.253 e. The quantitative estimate of drug-likeness (QED) is 0.762. The molecule has 0 aliphatic heterocycles. The molecule has 0 atom stereocenters. The van der Waals surface area contributed by atoms with Crippen molar-refractivity contribution in [1.29, 1.82) is 0 Å². The highest BCUT2D eigenvalue weighted by Crippen LogP contribution is 2.25. The van der Waals surface area contributed by atoms with Crippen molar-refractivity contribution in [1.82, 2.24) is 9.21 Å². The van der Waals surface area contributed by atoms with E-state index in [4.69, 9.17) is 11.6 Å². The highest BCUT2D eigenvalue weighted by molar-refractivity contribution is 7.89. The zero-order chi connectivity index (χ0) is 16.9. The average molecular weight is 347 g/mol. The van der Waals surface area contributed by atoms with Crippen LogP contribution in [0.2, 0.25) is 5.02 Å². The average Bonchev–Trinajstić information content (AvgIpc) is 2.46. The molecule has 5 nitrogen and oxygen atoms in total. The summed E-state index contributed by atoms with van der Waals surface area (Å²) in [5.41, 5.74) is 0.340. The normalized spacial score (nSPS) is 11.7. The molecule has 22 heavy (non-hydrogen) atoms. The Kier molecular flexibility index (Phi) is 6.84. The lowest BCUT2D eigenvalue weighted by molar-refractivity contribution is 0.0755. The summed E-state index contributed by atoms with van der Waals surface area (Å²) in [7, 11) is -0.821. The highest BCUT2D eigenvalue weighted by atomic mass is 35.5. The lowest BCUT2D eigenvalue weighted by Crippen LogP contribution is -2.32. The van der Waals surface area contributed by atoms with Crippen LogP contribution in [0.4, 0.5) is 0 Å². The summed E-state index contributed by atoms with van der Waals surface area (Å²) in [6.45, 7) is 5.29. The minimum atomic E-state index is -3.68. The van der Waals surface area contributed by atoms with Gasteiger partial charge < -0.3 is 4.90 Å². The van der Waals surface area contributed by atoms with Crippen molar-refractivity contribution >= 4 is 27.5 Å². The molecule has 0 radical (unpaired) electrons. The second kappa shape index (κ2) is 7.94. The summed E-state index contributed by atoms with van der Waals surface area (Å²) in [6.07, 6.45) is 1.70. The van der Waals surface area contributed by atoms with E-state index in [-0.39, 0.29) is 15.8 Å². The zero-order valence-corrected chi connectivity index (χ0v) is 15.0. The first-order valence-corrected chi connectivity index (χ1v) is 9.08. The van der Waals surface area contributed by atoms with Gasteiger partial charge in [-0.05, 0) is 31.0 Å². The minimum Gasteiger partial charge on any atom is -0.339 e. The number of hydrogen-bond acceptors (Lipinski definition) is 3. The summed E-state index contributed by atoms with van der Waals surface area (Å²) in [5.74, 6) is -0.171. The van der Waals surface area contributed by atoms with Crippen LogP contribution in [0.3, 0.4) is 0 Å². The lowest BCUT2D eigenvalue weighted by atomic mass is 10.2. The van der Waals surface area contributed by atoms with Crippen molar-refractivity contribution in [3.8, 4) is 0 Å². The topological polar surface area (TPSA) is 57.7 Å². The molecule has 0 spiro atoms. The molecule has 0 bridgehead atoms. The standard InChI is InChI=1S/C15H23ClN2O3S/c1-5-9-18(10-6-2)15(19)12-7-8-13(16)14(11-12)22(20,21)17(3)4/h7-8,11H,5-6,9-10H2,1-4H3. The summed E-state index contributed by atoms with van der Waals surface area (Å²) < 4.78 is 25.6. The van der Waals surface area contributed by atoms with Gasteiger partial charge in [-0.3, -0.25) is 4.79 Å². The van der Waals surface area contributed by atoms with Crippen LogP contribution in [-0.2, 0) is 10.0 Å². The van der Waals surface area contributed by atoms with E-state index in [1.165, 1.54) is 26.2 Å². The van der Waals surface area contributed by atoms with Crippen LogP contribution >= 0.6 is 11.6 Å². The molecule has 0 aliphatic rings. The molecule has 0 saturated carbocycles. The maximum absolute atomic E-state index is 12.6. The highest BCUT2D eigenvalue weighted by Gasteiger charge is 2.23. The molecule has 124 valence electrons. The van der Waals surface area contributed by atoms with Crippen LogP contribution in [0.25, 0.3) is 0 Å². The first-order valence-electron chi connectivity index (χ1n) is 7.27. The third-order valence-electron chi connectivity index (χ3n) is 3.21. The van der Waals surface area contributed by atoms with Gasteiger partial charge in [0.05, 0.1) is 5.02 Å². The van der Waals surface area contributed by atoms with E-state index < -0.39 is 10.0 Å². The van der Waals surface area contributed by atoms with E-state index in [1.54, 1.807) is 11.0 Å². The molecular formula is C15H23ClN2O3S. The van der Waals surface area contributed by atoms with Crippen molar-refractivity contribution < 1.29 is 13.2 Å². The fourth-order valence-electron chi connectivity index (χ4n) is 2.07. The van der Waals surface area contributed by atoms with E-state index in [0.29, 0.717) is 18.7 Å². The molecule has 1 rings (SSSR count). The number of carbonyl (C=O) groups excluding carboxylic acids is 1. The number of amides is 1. The molecule has 1 aromatic rings. The van der Waals surface area contributed by atoms with Crippen molar-refractivity contribution in [2.24, 2.45) is 0 Å². The van der Waals surface area contributed by atoms with Gasteiger partial charge in [-0.25, -0.2) is 12.7 Å². The number of halogens is 1.